The van der Waals surface area contributed by atoms with Crippen LogP contribution in [0.15, 0.2) is 12.7 Å². The van der Waals surface area contributed by atoms with Crippen molar-refractivity contribution in [1.82, 2.24) is 5.32 Å². The standard InChI is InChI=1S/C7H13NO2/c1-2-3-7(9)6-8-4-5-10-7/h2,8-9H,1,3-6H2. The summed E-state index contributed by atoms with van der Waals surface area (Å²) in [5.74, 6) is -1.00. The molecule has 1 fully saturated rings. The van der Waals surface area contributed by atoms with Gasteiger partial charge < -0.3 is 15.2 Å². The summed E-state index contributed by atoms with van der Waals surface area (Å²) in [4.78, 5) is 0. The predicted octanol–water partition coefficient (Wildman–Crippen LogP) is -0.129. The number of morpholine rings is 1. The van der Waals surface area contributed by atoms with Crippen molar-refractivity contribution < 1.29 is 9.84 Å². The Morgan fingerprint density at radius 2 is 2.60 bits per heavy atom. The summed E-state index contributed by atoms with van der Waals surface area (Å²) in [6, 6.07) is 0. The summed E-state index contributed by atoms with van der Waals surface area (Å²) in [7, 11) is 0. The van der Waals surface area contributed by atoms with E-state index in [0.717, 1.165) is 6.54 Å². The lowest BCUT2D eigenvalue weighted by molar-refractivity contribution is -0.210. The highest BCUT2D eigenvalue weighted by Gasteiger charge is 2.28. The first-order valence-electron chi connectivity index (χ1n) is 3.45. The topological polar surface area (TPSA) is 41.5 Å². The molecule has 1 heterocycles. The Hall–Kier alpha value is -0.380. The van der Waals surface area contributed by atoms with E-state index in [4.69, 9.17) is 4.74 Å². The van der Waals surface area contributed by atoms with E-state index in [2.05, 4.69) is 11.9 Å². The Bertz CT molecular complexity index is 119. The van der Waals surface area contributed by atoms with E-state index in [1.807, 2.05) is 0 Å². The zero-order valence-electron chi connectivity index (χ0n) is 5.97. The lowest BCUT2D eigenvalue weighted by Gasteiger charge is -2.31. The average molecular weight is 143 g/mol. The molecule has 3 heteroatoms. The van der Waals surface area contributed by atoms with Crippen molar-refractivity contribution in [2.45, 2.75) is 12.2 Å². The van der Waals surface area contributed by atoms with Gasteiger partial charge in [-0.1, -0.05) is 6.08 Å². The van der Waals surface area contributed by atoms with Crippen molar-refractivity contribution in [1.29, 1.82) is 0 Å². The van der Waals surface area contributed by atoms with Gasteiger partial charge in [0.2, 0.25) is 0 Å². The van der Waals surface area contributed by atoms with E-state index in [0.29, 0.717) is 19.6 Å². The van der Waals surface area contributed by atoms with Gasteiger partial charge in [0.15, 0.2) is 5.79 Å². The van der Waals surface area contributed by atoms with Gasteiger partial charge in [0.25, 0.3) is 0 Å². The van der Waals surface area contributed by atoms with Crippen molar-refractivity contribution in [3.63, 3.8) is 0 Å². The van der Waals surface area contributed by atoms with Crippen LogP contribution in [0, 0.1) is 0 Å². The SMILES string of the molecule is C=CCC1(O)CNCCO1. The molecule has 2 N–H and O–H groups in total. The summed E-state index contributed by atoms with van der Waals surface area (Å²) >= 11 is 0. The third kappa shape index (κ3) is 1.80. The number of aliphatic hydroxyl groups is 1. The lowest BCUT2D eigenvalue weighted by atomic mass is 10.1. The third-order valence-electron chi connectivity index (χ3n) is 1.51. The number of hydrogen-bond donors (Lipinski definition) is 2. The van der Waals surface area contributed by atoms with Gasteiger partial charge in [-0.25, -0.2) is 0 Å². The predicted molar refractivity (Wildman–Crippen MR) is 38.6 cm³/mol. The second kappa shape index (κ2) is 3.14. The Morgan fingerprint density at radius 3 is 3.10 bits per heavy atom. The van der Waals surface area contributed by atoms with Gasteiger partial charge in [-0.05, 0) is 0 Å². The van der Waals surface area contributed by atoms with Crippen LogP contribution in [-0.4, -0.2) is 30.6 Å². The van der Waals surface area contributed by atoms with Gasteiger partial charge in [-0.15, -0.1) is 6.58 Å². The molecule has 0 aromatic heterocycles. The van der Waals surface area contributed by atoms with Crippen LogP contribution in [0.25, 0.3) is 0 Å². The molecule has 1 atom stereocenters. The third-order valence-corrected chi connectivity index (χ3v) is 1.51. The molecule has 1 rings (SSSR count). The Morgan fingerprint density at radius 1 is 1.80 bits per heavy atom. The van der Waals surface area contributed by atoms with Gasteiger partial charge in [-0.3, -0.25) is 0 Å². The van der Waals surface area contributed by atoms with Crippen LogP contribution in [0.2, 0.25) is 0 Å². The molecule has 10 heavy (non-hydrogen) atoms. The Labute approximate surface area is 60.7 Å². The lowest BCUT2D eigenvalue weighted by Crippen LogP contribution is -2.49. The van der Waals surface area contributed by atoms with E-state index in [9.17, 15) is 5.11 Å². The second-order valence-electron chi connectivity index (χ2n) is 2.46. The number of hydrogen-bond acceptors (Lipinski definition) is 3. The highest BCUT2D eigenvalue weighted by molar-refractivity contribution is 4.83. The fourth-order valence-corrected chi connectivity index (χ4v) is 1.00. The van der Waals surface area contributed by atoms with E-state index >= 15 is 0 Å². The molecule has 1 unspecified atom stereocenters. The minimum absolute atomic E-state index is 0.486. The molecule has 3 nitrogen and oxygen atoms in total. The van der Waals surface area contributed by atoms with E-state index < -0.39 is 5.79 Å². The normalized spacial score (nSPS) is 33.7. The summed E-state index contributed by atoms with van der Waals surface area (Å²) in [6.07, 6.45) is 2.15. The summed E-state index contributed by atoms with van der Waals surface area (Å²) < 4.78 is 5.13. The number of nitrogens with one attached hydrogen (secondary N) is 1. The number of β-amino-alcohol motifs (C(OH)–C–C–N with tert-alkyl or cyclic N) is 1. The molecule has 58 valence electrons. The zero-order valence-corrected chi connectivity index (χ0v) is 5.97. The quantitative estimate of drug-likeness (QED) is 0.529. The summed E-state index contributed by atoms with van der Waals surface area (Å²) in [6.45, 7) is 5.42. The molecular formula is C7H13NO2. The molecule has 0 aliphatic carbocycles. The maximum absolute atomic E-state index is 9.52. The van der Waals surface area contributed by atoms with E-state index in [-0.39, 0.29) is 0 Å². The molecule has 0 aromatic carbocycles. The summed E-state index contributed by atoms with van der Waals surface area (Å²) in [5, 5.41) is 12.6. The van der Waals surface area contributed by atoms with Crippen LogP contribution in [0.5, 0.6) is 0 Å². The first kappa shape index (κ1) is 7.72. The highest BCUT2D eigenvalue weighted by Crippen LogP contribution is 2.13. The molecule has 1 saturated heterocycles. The molecule has 0 spiro atoms. The molecule has 0 aromatic rings. The van der Waals surface area contributed by atoms with Crippen LogP contribution in [-0.2, 0) is 4.74 Å². The summed E-state index contributed by atoms with van der Waals surface area (Å²) in [5.41, 5.74) is 0. The van der Waals surface area contributed by atoms with E-state index in [1.54, 1.807) is 6.08 Å². The minimum Gasteiger partial charge on any atom is -0.364 e. The second-order valence-corrected chi connectivity index (χ2v) is 2.46. The fourth-order valence-electron chi connectivity index (χ4n) is 1.00. The molecule has 0 amide bonds. The average Bonchev–Trinajstić information content (AvgIpc) is 1.89. The van der Waals surface area contributed by atoms with Crippen molar-refractivity contribution in [2.75, 3.05) is 19.7 Å². The number of rotatable bonds is 2. The fraction of sp³-hybridized carbons (Fsp3) is 0.714. The smallest absolute Gasteiger partial charge is 0.181 e. The molecule has 0 bridgehead atoms. The Balaban J connectivity index is 2.39. The molecular weight excluding hydrogens is 130 g/mol. The van der Waals surface area contributed by atoms with Gasteiger partial charge in [0, 0.05) is 19.5 Å². The van der Waals surface area contributed by atoms with Crippen LogP contribution in [0.4, 0.5) is 0 Å². The minimum atomic E-state index is -1.00. The van der Waals surface area contributed by atoms with Gasteiger partial charge in [-0.2, -0.15) is 0 Å². The maximum Gasteiger partial charge on any atom is 0.181 e. The monoisotopic (exact) mass is 143 g/mol. The van der Waals surface area contributed by atoms with Crippen molar-refractivity contribution in [3.05, 3.63) is 12.7 Å². The molecule has 0 radical (unpaired) electrons. The highest BCUT2D eigenvalue weighted by atomic mass is 16.6. The van der Waals surface area contributed by atoms with Crippen molar-refractivity contribution in [3.8, 4) is 0 Å². The van der Waals surface area contributed by atoms with Gasteiger partial charge >= 0.3 is 0 Å². The molecule has 1 aliphatic rings. The van der Waals surface area contributed by atoms with Crippen molar-refractivity contribution >= 4 is 0 Å². The van der Waals surface area contributed by atoms with Crippen LogP contribution >= 0.6 is 0 Å². The van der Waals surface area contributed by atoms with E-state index in [1.165, 1.54) is 0 Å². The van der Waals surface area contributed by atoms with Crippen LogP contribution in [0.1, 0.15) is 6.42 Å². The van der Waals surface area contributed by atoms with Crippen LogP contribution in [0.3, 0.4) is 0 Å². The largest absolute Gasteiger partial charge is 0.364 e. The van der Waals surface area contributed by atoms with Gasteiger partial charge in [0.05, 0.1) is 6.61 Å². The van der Waals surface area contributed by atoms with Crippen LogP contribution < -0.4 is 5.32 Å². The van der Waals surface area contributed by atoms with Gasteiger partial charge in [0.1, 0.15) is 0 Å². The molecule has 1 aliphatic heterocycles. The first-order valence-corrected chi connectivity index (χ1v) is 3.45. The van der Waals surface area contributed by atoms with Crippen molar-refractivity contribution in [2.24, 2.45) is 0 Å². The number of ether oxygens (including phenoxy) is 1. The zero-order chi connectivity index (χ0) is 7.45. The Kier molecular flexibility index (Phi) is 2.43. The maximum atomic E-state index is 9.52. The molecule has 0 saturated carbocycles. The first-order chi connectivity index (χ1) is 4.77.